The summed E-state index contributed by atoms with van der Waals surface area (Å²) in [7, 11) is 0. The minimum absolute atomic E-state index is 0.421. The Bertz CT molecular complexity index is 479. The Morgan fingerprint density at radius 1 is 1.20 bits per heavy atom. The summed E-state index contributed by atoms with van der Waals surface area (Å²) in [4.78, 5) is 0. The van der Waals surface area contributed by atoms with E-state index in [0.29, 0.717) is 15.2 Å². The number of nitrogens with one attached hydrogen (secondary N) is 4. The van der Waals surface area contributed by atoms with Crippen LogP contribution in [0.2, 0.25) is 5.02 Å². The van der Waals surface area contributed by atoms with Gasteiger partial charge in [0.25, 0.3) is 0 Å². The van der Waals surface area contributed by atoms with E-state index >= 15 is 0 Å². The fourth-order valence-electron chi connectivity index (χ4n) is 1.37. The van der Waals surface area contributed by atoms with E-state index in [1.54, 1.807) is 0 Å². The fraction of sp³-hybridized carbons (Fsp3) is 0.385. The van der Waals surface area contributed by atoms with Crippen molar-refractivity contribution in [2.45, 2.75) is 26.7 Å². The lowest BCUT2D eigenvalue weighted by atomic mass is 10.2. The molecule has 4 nitrogen and oxygen atoms in total. The molecule has 0 radical (unpaired) electrons. The zero-order valence-corrected chi connectivity index (χ0v) is 13.9. The first-order chi connectivity index (χ1) is 9.52. The molecule has 4 N–H and O–H groups in total. The van der Waals surface area contributed by atoms with Gasteiger partial charge in [0.1, 0.15) is 0 Å². The molecule has 7 heteroatoms. The molecule has 1 aromatic carbocycles. The highest BCUT2D eigenvalue weighted by atomic mass is 35.5. The molecule has 0 spiro atoms. The number of hydrazine groups is 1. The van der Waals surface area contributed by atoms with Gasteiger partial charge < -0.3 is 10.6 Å². The molecule has 1 aromatic rings. The lowest BCUT2D eigenvalue weighted by Gasteiger charge is -2.14. The van der Waals surface area contributed by atoms with Crippen molar-refractivity contribution in [3.8, 4) is 0 Å². The van der Waals surface area contributed by atoms with Gasteiger partial charge >= 0.3 is 0 Å². The van der Waals surface area contributed by atoms with Crippen LogP contribution in [0.1, 0.15) is 25.3 Å². The van der Waals surface area contributed by atoms with Gasteiger partial charge in [-0.05, 0) is 55.5 Å². The lowest BCUT2D eigenvalue weighted by molar-refractivity contribution is 0.732. The number of aryl methyl sites for hydroxylation is 1. The number of benzene rings is 1. The highest BCUT2D eigenvalue weighted by molar-refractivity contribution is 7.80. The fourth-order valence-corrected chi connectivity index (χ4v) is 1.87. The number of unbranched alkanes of at least 4 members (excludes halogenated alkanes) is 1. The zero-order chi connectivity index (χ0) is 15.0. The van der Waals surface area contributed by atoms with Crippen LogP contribution in [0, 0.1) is 6.92 Å². The maximum atomic E-state index is 6.05. The van der Waals surface area contributed by atoms with E-state index in [1.807, 2.05) is 25.1 Å². The average molecular weight is 331 g/mol. The van der Waals surface area contributed by atoms with Crippen molar-refractivity contribution in [1.82, 2.24) is 16.2 Å². The Balaban J connectivity index is 2.32. The van der Waals surface area contributed by atoms with E-state index < -0.39 is 0 Å². The van der Waals surface area contributed by atoms with Gasteiger partial charge in [-0.3, -0.25) is 10.9 Å². The Morgan fingerprint density at radius 3 is 2.55 bits per heavy atom. The molecular weight excluding hydrogens is 312 g/mol. The average Bonchev–Trinajstić information content (AvgIpc) is 2.41. The van der Waals surface area contributed by atoms with Crippen LogP contribution in [0.5, 0.6) is 0 Å². The van der Waals surface area contributed by atoms with Crippen molar-refractivity contribution in [3.05, 3.63) is 28.8 Å². The predicted molar refractivity (Wildman–Crippen MR) is 94.2 cm³/mol. The highest BCUT2D eigenvalue weighted by Crippen LogP contribution is 2.19. The van der Waals surface area contributed by atoms with Crippen LogP contribution in [0.15, 0.2) is 18.2 Å². The van der Waals surface area contributed by atoms with Crippen molar-refractivity contribution in [2.75, 3.05) is 11.9 Å². The zero-order valence-electron chi connectivity index (χ0n) is 11.5. The number of thiocarbonyl (C=S) groups is 2. The summed E-state index contributed by atoms with van der Waals surface area (Å²) >= 11 is 16.3. The molecule has 0 unspecified atom stereocenters. The second-order valence-corrected chi connectivity index (χ2v) is 5.50. The van der Waals surface area contributed by atoms with Gasteiger partial charge in [-0.15, -0.1) is 0 Å². The summed E-state index contributed by atoms with van der Waals surface area (Å²) in [6, 6.07) is 5.66. The number of halogens is 1. The highest BCUT2D eigenvalue weighted by Gasteiger charge is 2.01. The number of hydrogen-bond acceptors (Lipinski definition) is 2. The molecule has 0 aliphatic carbocycles. The predicted octanol–water partition coefficient (Wildman–Crippen LogP) is 3.11. The normalized spacial score (nSPS) is 9.75. The van der Waals surface area contributed by atoms with E-state index in [4.69, 9.17) is 36.0 Å². The lowest BCUT2D eigenvalue weighted by Crippen LogP contribution is -2.48. The third-order valence-electron chi connectivity index (χ3n) is 2.54. The third kappa shape index (κ3) is 6.36. The second-order valence-electron chi connectivity index (χ2n) is 4.28. The van der Waals surface area contributed by atoms with Crippen LogP contribution in [0.3, 0.4) is 0 Å². The maximum absolute atomic E-state index is 6.05. The summed E-state index contributed by atoms with van der Waals surface area (Å²) < 4.78 is 0. The molecule has 0 heterocycles. The van der Waals surface area contributed by atoms with Gasteiger partial charge in [0.2, 0.25) is 0 Å². The topological polar surface area (TPSA) is 48.1 Å². The summed E-state index contributed by atoms with van der Waals surface area (Å²) in [5.74, 6) is 0. The molecule has 0 aromatic heterocycles. The Hall–Kier alpha value is -1.11. The molecule has 0 fully saturated rings. The van der Waals surface area contributed by atoms with Gasteiger partial charge in [-0.1, -0.05) is 31.0 Å². The molecule has 0 saturated carbocycles. The van der Waals surface area contributed by atoms with Crippen LogP contribution >= 0.6 is 36.0 Å². The van der Waals surface area contributed by atoms with Crippen molar-refractivity contribution >= 4 is 51.9 Å². The summed E-state index contributed by atoms with van der Waals surface area (Å²) in [5, 5.41) is 7.72. The SMILES string of the molecule is CCCCNC(=S)NNC(=S)Nc1ccc(C)c(Cl)c1. The van der Waals surface area contributed by atoms with Crippen molar-refractivity contribution in [3.63, 3.8) is 0 Å². The molecule has 0 aliphatic rings. The third-order valence-corrected chi connectivity index (χ3v) is 3.39. The summed E-state index contributed by atoms with van der Waals surface area (Å²) in [6.07, 6.45) is 2.20. The van der Waals surface area contributed by atoms with Gasteiger partial charge in [-0.2, -0.15) is 0 Å². The molecule has 0 amide bonds. The van der Waals surface area contributed by atoms with Crippen molar-refractivity contribution < 1.29 is 0 Å². The second kappa shape index (κ2) is 8.94. The first-order valence-electron chi connectivity index (χ1n) is 6.40. The standard InChI is InChI=1S/C13H19ClN4S2/c1-3-4-7-15-12(19)17-18-13(20)16-10-6-5-9(2)11(14)8-10/h5-6,8H,3-4,7H2,1-2H3,(H2,15,17,19)(H2,16,18,20). The molecule has 0 bridgehead atoms. The minimum atomic E-state index is 0.421. The van der Waals surface area contributed by atoms with Gasteiger partial charge in [0.05, 0.1) is 0 Å². The van der Waals surface area contributed by atoms with Crippen LogP contribution in [0.4, 0.5) is 5.69 Å². The first-order valence-corrected chi connectivity index (χ1v) is 7.59. The molecule has 0 saturated heterocycles. The van der Waals surface area contributed by atoms with E-state index in [9.17, 15) is 0 Å². The summed E-state index contributed by atoms with van der Waals surface area (Å²) in [6.45, 7) is 4.92. The molecular formula is C13H19ClN4S2. The van der Waals surface area contributed by atoms with Gasteiger partial charge in [0.15, 0.2) is 10.2 Å². The van der Waals surface area contributed by atoms with E-state index in [2.05, 4.69) is 28.4 Å². The molecule has 0 aliphatic heterocycles. The number of rotatable bonds is 4. The maximum Gasteiger partial charge on any atom is 0.189 e. The van der Waals surface area contributed by atoms with E-state index in [0.717, 1.165) is 30.6 Å². The minimum Gasteiger partial charge on any atom is -0.361 e. The van der Waals surface area contributed by atoms with Gasteiger partial charge in [-0.25, -0.2) is 0 Å². The van der Waals surface area contributed by atoms with Crippen molar-refractivity contribution in [2.24, 2.45) is 0 Å². The monoisotopic (exact) mass is 330 g/mol. The number of anilines is 1. The largest absolute Gasteiger partial charge is 0.361 e. The van der Waals surface area contributed by atoms with Crippen LogP contribution < -0.4 is 21.5 Å². The van der Waals surface area contributed by atoms with Crippen molar-refractivity contribution in [1.29, 1.82) is 0 Å². The van der Waals surface area contributed by atoms with Crippen LogP contribution in [-0.4, -0.2) is 16.8 Å². The molecule has 1 rings (SSSR count). The molecule has 20 heavy (non-hydrogen) atoms. The Labute approximate surface area is 135 Å². The van der Waals surface area contributed by atoms with E-state index in [-0.39, 0.29) is 0 Å². The quantitative estimate of drug-likeness (QED) is 0.386. The Morgan fingerprint density at radius 2 is 1.90 bits per heavy atom. The van der Waals surface area contributed by atoms with Crippen LogP contribution in [-0.2, 0) is 0 Å². The number of hydrogen-bond donors (Lipinski definition) is 4. The smallest absolute Gasteiger partial charge is 0.189 e. The molecule has 110 valence electrons. The van der Waals surface area contributed by atoms with E-state index in [1.165, 1.54) is 0 Å². The molecule has 0 atom stereocenters. The van der Waals surface area contributed by atoms with Crippen LogP contribution in [0.25, 0.3) is 0 Å². The Kier molecular flexibility index (Phi) is 7.58. The summed E-state index contributed by atoms with van der Waals surface area (Å²) in [5.41, 5.74) is 7.48. The van der Waals surface area contributed by atoms with Gasteiger partial charge in [0, 0.05) is 17.3 Å². The first kappa shape index (κ1) is 16.9.